The number of nitrogens with two attached hydrogens (primary N) is 1. The quantitative estimate of drug-likeness (QED) is 0.911. The Kier molecular flexibility index (Phi) is 4.10. The molecule has 0 saturated heterocycles. The van der Waals surface area contributed by atoms with Crippen molar-refractivity contribution in [1.82, 2.24) is 0 Å². The third kappa shape index (κ3) is 2.69. The Bertz CT molecular complexity index is 707. The summed E-state index contributed by atoms with van der Waals surface area (Å²) in [7, 11) is 0. The van der Waals surface area contributed by atoms with Gasteiger partial charge in [0, 0.05) is 6.04 Å². The highest BCUT2D eigenvalue weighted by atomic mass is 16.5. The molecule has 3 N–H and O–H groups in total. The molecule has 112 valence electrons. The van der Waals surface area contributed by atoms with Crippen molar-refractivity contribution < 1.29 is 9.84 Å². The van der Waals surface area contributed by atoms with Crippen molar-refractivity contribution in [2.75, 3.05) is 0 Å². The average molecular weight is 294 g/mol. The Morgan fingerprint density at radius 3 is 2.73 bits per heavy atom. The van der Waals surface area contributed by atoms with Gasteiger partial charge in [-0.05, 0) is 35.6 Å². The van der Waals surface area contributed by atoms with Crippen molar-refractivity contribution in [3.05, 3.63) is 64.7 Å². The second-order valence-corrected chi connectivity index (χ2v) is 5.54. The van der Waals surface area contributed by atoms with E-state index in [0.717, 1.165) is 16.7 Å². The van der Waals surface area contributed by atoms with E-state index in [1.807, 2.05) is 36.4 Å². The van der Waals surface area contributed by atoms with Crippen molar-refractivity contribution in [1.29, 1.82) is 5.26 Å². The molecule has 0 amide bonds. The fraction of sp³-hybridized carbons (Fsp3) is 0.278. The Morgan fingerprint density at radius 2 is 2.00 bits per heavy atom. The van der Waals surface area contributed by atoms with Gasteiger partial charge in [0.15, 0.2) is 0 Å². The number of rotatable bonds is 3. The standard InChI is InChI=1S/C18H18N2O2/c19-10-15-13-6-8-16(20)18(21)14(13)7-9-17(15)22-11-12-4-2-1-3-5-12/h1-5,7,9,16,18,21H,6,8,11,20H2. The van der Waals surface area contributed by atoms with Crippen LogP contribution >= 0.6 is 0 Å². The molecule has 1 aliphatic carbocycles. The van der Waals surface area contributed by atoms with Gasteiger partial charge in [-0.1, -0.05) is 36.4 Å². The van der Waals surface area contributed by atoms with Crippen LogP contribution in [0.3, 0.4) is 0 Å². The zero-order valence-electron chi connectivity index (χ0n) is 12.2. The minimum Gasteiger partial charge on any atom is -0.488 e. The number of ether oxygens (including phenoxy) is 1. The molecule has 0 aliphatic heterocycles. The molecule has 2 unspecified atom stereocenters. The SMILES string of the molecule is N#Cc1c(OCc2ccccc2)ccc2c1CCC(N)C2O. The number of fused-ring (bicyclic) bond motifs is 1. The van der Waals surface area contributed by atoms with Crippen molar-refractivity contribution in [2.45, 2.75) is 31.6 Å². The molecule has 0 bridgehead atoms. The van der Waals surface area contributed by atoms with Crippen LogP contribution < -0.4 is 10.5 Å². The Balaban J connectivity index is 1.89. The van der Waals surface area contributed by atoms with Gasteiger partial charge in [-0.25, -0.2) is 0 Å². The lowest BCUT2D eigenvalue weighted by molar-refractivity contribution is 0.133. The minimum atomic E-state index is -0.709. The van der Waals surface area contributed by atoms with Gasteiger partial charge in [0.25, 0.3) is 0 Å². The summed E-state index contributed by atoms with van der Waals surface area (Å²) in [6.07, 6.45) is 0.656. The Labute approximate surface area is 129 Å². The van der Waals surface area contributed by atoms with Crippen molar-refractivity contribution in [2.24, 2.45) is 5.73 Å². The van der Waals surface area contributed by atoms with Gasteiger partial charge in [0.2, 0.25) is 0 Å². The van der Waals surface area contributed by atoms with Gasteiger partial charge in [-0.15, -0.1) is 0 Å². The van der Waals surface area contributed by atoms with Crippen LogP contribution in [0.25, 0.3) is 0 Å². The van der Waals surface area contributed by atoms with Gasteiger partial charge < -0.3 is 15.6 Å². The second-order valence-electron chi connectivity index (χ2n) is 5.54. The number of aliphatic hydroxyl groups excluding tert-OH is 1. The fourth-order valence-corrected chi connectivity index (χ4v) is 2.87. The lowest BCUT2D eigenvalue weighted by Crippen LogP contribution is -2.33. The summed E-state index contributed by atoms with van der Waals surface area (Å²) < 4.78 is 5.81. The molecule has 0 spiro atoms. The molecule has 0 aromatic heterocycles. The van der Waals surface area contributed by atoms with E-state index in [0.29, 0.717) is 30.8 Å². The van der Waals surface area contributed by atoms with Crippen LogP contribution in [0.5, 0.6) is 5.75 Å². The van der Waals surface area contributed by atoms with E-state index < -0.39 is 6.10 Å². The molecule has 2 aromatic rings. The first-order valence-corrected chi connectivity index (χ1v) is 7.37. The summed E-state index contributed by atoms with van der Waals surface area (Å²) in [6.45, 7) is 0.413. The molecule has 1 aliphatic rings. The number of hydrogen-bond acceptors (Lipinski definition) is 4. The topological polar surface area (TPSA) is 79.3 Å². The fourth-order valence-electron chi connectivity index (χ4n) is 2.87. The lowest BCUT2D eigenvalue weighted by Gasteiger charge is -2.28. The van der Waals surface area contributed by atoms with Gasteiger partial charge in [0.05, 0.1) is 11.7 Å². The van der Waals surface area contributed by atoms with E-state index in [4.69, 9.17) is 10.5 Å². The van der Waals surface area contributed by atoms with Crippen LogP contribution in [-0.4, -0.2) is 11.1 Å². The van der Waals surface area contributed by atoms with Gasteiger partial charge >= 0.3 is 0 Å². The summed E-state index contributed by atoms with van der Waals surface area (Å²) in [5.74, 6) is 0.563. The van der Waals surface area contributed by atoms with Crippen molar-refractivity contribution in [3.63, 3.8) is 0 Å². The smallest absolute Gasteiger partial charge is 0.137 e. The normalized spacial score (nSPS) is 20.0. The molecule has 3 rings (SSSR count). The summed E-state index contributed by atoms with van der Waals surface area (Å²) in [6, 6.07) is 15.3. The molecule has 2 aromatic carbocycles. The average Bonchev–Trinajstić information content (AvgIpc) is 2.56. The first-order chi connectivity index (χ1) is 10.7. The van der Waals surface area contributed by atoms with Gasteiger partial charge in [-0.3, -0.25) is 0 Å². The van der Waals surface area contributed by atoms with E-state index in [9.17, 15) is 10.4 Å². The monoisotopic (exact) mass is 294 g/mol. The predicted octanol–water partition coefficient (Wildman–Crippen LogP) is 2.44. The largest absolute Gasteiger partial charge is 0.488 e. The summed E-state index contributed by atoms with van der Waals surface area (Å²) in [5.41, 5.74) is 9.07. The van der Waals surface area contributed by atoms with Crippen LogP contribution in [0.15, 0.2) is 42.5 Å². The van der Waals surface area contributed by atoms with Gasteiger partial charge in [0.1, 0.15) is 18.4 Å². The summed E-state index contributed by atoms with van der Waals surface area (Å²) >= 11 is 0. The van der Waals surface area contributed by atoms with E-state index in [-0.39, 0.29) is 6.04 Å². The number of benzene rings is 2. The van der Waals surface area contributed by atoms with Crippen molar-refractivity contribution >= 4 is 0 Å². The van der Waals surface area contributed by atoms with Crippen LogP contribution in [0.2, 0.25) is 0 Å². The summed E-state index contributed by atoms with van der Waals surface area (Å²) in [5, 5.41) is 19.7. The molecule has 2 atom stereocenters. The molecule has 4 heteroatoms. The maximum atomic E-state index is 10.2. The molecule has 0 heterocycles. The van der Waals surface area contributed by atoms with Crippen molar-refractivity contribution in [3.8, 4) is 11.8 Å². The van der Waals surface area contributed by atoms with Crippen LogP contribution in [0.1, 0.15) is 34.8 Å². The highest BCUT2D eigenvalue weighted by Crippen LogP contribution is 2.35. The molecule has 22 heavy (non-hydrogen) atoms. The van der Waals surface area contributed by atoms with E-state index >= 15 is 0 Å². The maximum Gasteiger partial charge on any atom is 0.137 e. The molecule has 4 nitrogen and oxygen atoms in total. The minimum absolute atomic E-state index is 0.268. The number of hydrogen-bond donors (Lipinski definition) is 2. The van der Waals surface area contributed by atoms with Gasteiger partial charge in [-0.2, -0.15) is 5.26 Å². The summed E-state index contributed by atoms with van der Waals surface area (Å²) in [4.78, 5) is 0. The number of aliphatic hydroxyl groups is 1. The number of nitrogens with zero attached hydrogens (tertiary/aromatic N) is 1. The van der Waals surface area contributed by atoms with Crippen LogP contribution in [-0.2, 0) is 13.0 Å². The first kappa shape index (κ1) is 14.6. The molecular weight excluding hydrogens is 276 g/mol. The third-order valence-electron chi connectivity index (χ3n) is 4.11. The maximum absolute atomic E-state index is 10.2. The highest BCUT2D eigenvalue weighted by Gasteiger charge is 2.28. The second kappa shape index (κ2) is 6.18. The zero-order chi connectivity index (χ0) is 15.5. The molecular formula is C18H18N2O2. The van der Waals surface area contributed by atoms with E-state index in [1.165, 1.54) is 0 Å². The molecule has 0 fully saturated rings. The van der Waals surface area contributed by atoms with E-state index in [1.54, 1.807) is 6.07 Å². The van der Waals surface area contributed by atoms with Crippen LogP contribution in [0.4, 0.5) is 0 Å². The first-order valence-electron chi connectivity index (χ1n) is 7.37. The number of nitriles is 1. The Morgan fingerprint density at radius 1 is 1.23 bits per heavy atom. The molecule has 0 saturated carbocycles. The third-order valence-corrected chi connectivity index (χ3v) is 4.11. The Hall–Kier alpha value is -2.35. The molecule has 0 radical (unpaired) electrons. The highest BCUT2D eigenvalue weighted by molar-refractivity contribution is 5.54. The van der Waals surface area contributed by atoms with E-state index in [2.05, 4.69) is 6.07 Å². The predicted molar refractivity (Wildman–Crippen MR) is 83.2 cm³/mol. The zero-order valence-corrected chi connectivity index (χ0v) is 12.2. The van der Waals surface area contributed by atoms with Crippen LogP contribution in [0, 0.1) is 11.3 Å². The lowest BCUT2D eigenvalue weighted by atomic mass is 9.83.